The number of hydrogen-bond donors (Lipinski definition) is 2. The quantitative estimate of drug-likeness (QED) is 0.621. The van der Waals surface area contributed by atoms with Crippen LogP contribution in [0.1, 0.15) is 23.7 Å². The van der Waals surface area contributed by atoms with Crippen LogP contribution in [0.15, 0.2) is 18.2 Å². The molecule has 0 aliphatic carbocycles. The topological polar surface area (TPSA) is 75.8 Å². The lowest BCUT2D eigenvalue weighted by atomic mass is 9.96. The molecule has 0 amide bonds. The molecule has 2 atom stereocenters. The third-order valence-corrected chi connectivity index (χ3v) is 3.69. The minimum absolute atomic E-state index is 0.190. The van der Waals surface area contributed by atoms with Crippen molar-refractivity contribution in [1.82, 2.24) is 0 Å². The number of ether oxygens (including phenoxy) is 1. The van der Waals surface area contributed by atoms with Gasteiger partial charge in [0.05, 0.1) is 30.2 Å². The van der Waals surface area contributed by atoms with Crippen LogP contribution in [0.5, 0.6) is 0 Å². The second kappa shape index (κ2) is 5.48. The summed E-state index contributed by atoms with van der Waals surface area (Å²) in [6, 6.07) is 5.35. The molecule has 1 saturated heterocycles. The van der Waals surface area contributed by atoms with Crippen LogP contribution in [0.25, 0.3) is 0 Å². The minimum atomic E-state index is -0.426. The van der Waals surface area contributed by atoms with Gasteiger partial charge in [-0.3, -0.25) is 0 Å². The summed E-state index contributed by atoms with van der Waals surface area (Å²) in [6.07, 6.45) is 0.449. The smallest absolute Gasteiger partial charge is 0.340 e. The number of nitrogen functional groups attached to an aromatic ring is 1. The summed E-state index contributed by atoms with van der Waals surface area (Å²) < 4.78 is 4.72. The second-order valence-electron chi connectivity index (χ2n) is 5.01. The Morgan fingerprint density at radius 2 is 2.26 bits per heavy atom. The number of piperidine rings is 1. The van der Waals surface area contributed by atoms with Crippen LogP contribution in [-0.4, -0.2) is 37.4 Å². The number of anilines is 2. The molecule has 5 nitrogen and oxygen atoms in total. The van der Waals surface area contributed by atoms with Crippen LogP contribution in [0.4, 0.5) is 11.4 Å². The van der Waals surface area contributed by atoms with Gasteiger partial charge in [-0.05, 0) is 24.5 Å². The van der Waals surface area contributed by atoms with E-state index >= 15 is 0 Å². The predicted molar refractivity (Wildman–Crippen MR) is 74.2 cm³/mol. The standard InChI is InChI=1S/C14H20N2O3/c1-9-8-16(7-6-12(9)17)11-5-3-4-10(13(11)15)14(18)19-2/h3-5,9,12,17H,6-8,15H2,1-2H3. The maximum atomic E-state index is 11.6. The molecule has 1 aliphatic rings. The van der Waals surface area contributed by atoms with E-state index in [1.807, 2.05) is 13.0 Å². The van der Waals surface area contributed by atoms with Crippen molar-refractivity contribution in [3.8, 4) is 0 Å². The third kappa shape index (κ3) is 2.66. The first-order chi connectivity index (χ1) is 9.04. The molecule has 104 valence electrons. The largest absolute Gasteiger partial charge is 0.465 e. The van der Waals surface area contributed by atoms with E-state index in [9.17, 15) is 9.90 Å². The SMILES string of the molecule is COC(=O)c1cccc(N2CCC(O)C(C)C2)c1N. The number of para-hydroxylation sites is 1. The second-order valence-corrected chi connectivity index (χ2v) is 5.01. The van der Waals surface area contributed by atoms with E-state index in [4.69, 9.17) is 10.5 Å². The molecule has 0 radical (unpaired) electrons. The Hall–Kier alpha value is -1.75. The first-order valence-electron chi connectivity index (χ1n) is 6.44. The molecule has 1 aromatic rings. The maximum absolute atomic E-state index is 11.6. The average molecular weight is 264 g/mol. The highest BCUT2D eigenvalue weighted by atomic mass is 16.5. The Morgan fingerprint density at radius 1 is 1.53 bits per heavy atom. The fourth-order valence-electron chi connectivity index (χ4n) is 2.47. The van der Waals surface area contributed by atoms with Gasteiger partial charge in [-0.25, -0.2) is 4.79 Å². The number of aliphatic hydroxyl groups is 1. The molecule has 0 spiro atoms. The summed E-state index contributed by atoms with van der Waals surface area (Å²) in [5, 5.41) is 9.76. The number of hydrogen-bond acceptors (Lipinski definition) is 5. The van der Waals surface area contributed by atoms with Crippen LogP contribution in [0, 0.1) is 5.92 Å². The average Bonchev–Trinajstić information content (AvgIpc) is 2.41. The van der Waals surface area contributed by atoms with Crippen molar-refractivity contribution in [3.63, 3.8) is 0 Å². The minimum Gasteiger partial charge on any atom is -0.465 e. The highest BCUT2D eigenvalue weighted by Crippen LogP contribution is 2.30. The lowest BCUT2D eigenvalue weighted by Gasteiger charge is -2.36. The Morgan fingerprint density at radius 3 is 2.89 bits per heavy atom. The summed E-state index contributed by atoms with van der Waals surface area (Å²) >= 11 is 0. The van der Waals surface area contributed by atoms with E-state index in [2.05, 4.69) is 4.90 Å². The number of carbonyl (C=O) groups is 1. The van der Waals surface area contributed by atoms with Crippen LogP contribution < -0.4 is 10.6 Å². The summed E-state index contributed by atoms with van der Waals surface area (Å²) in [5.41, 5.74) is 7.73. The lowest BCUT2D eigenvalue weighted by Crippen LogP contribution is -2.42. The summed E-state index contributed by atoms with van der Waals surface area (Å²) in [5.74, 6) is -0.237. The van der Waals surface area contributed by atoms with Gasteiger partial charge in [-0.15, -0.1) is 0 Å². The Labute approximate surface area is 113 Å². The summed E-state index contributed by atoms with van der Waals surface area (Å²) in [4.78, 5) is 13.7. The normalized spacial score (nSPS) is 23.2. The van der Waals surface area contributed by atoms with Crippen molar-refractivity contribution in [2.24, 2.45) is 5.92 Å². The number of benzene rings is 1. The third-order valence-electron chi connectivity index (χ3n) is 3.69. The summed E-state index contributed by atoms with van der Waals surface area (Å²) in [7, 11) is 1.34. The molecular formula is C14H20N2O3. The number of nitrogens with two attached hydrogens (primary N) is 1. The Kier molecular flexibility index (Phi) is 3.95. The molecule has 1 aliphatic heterocycles. The summed E-state index contributed by atoms with van der Waals surface area (Å²) in [6.45, 7) is 3.48. The molecule has 19 heavy (non-hydrogen) atoms. The lowest BCUT2D eigenvalue weighted by molar-refractivity contribution is 0.0602. The maximum Gasteiger partial charge on any atom is 0.340 e. The molecule has 5 heteroatoms. The highest BCUT2D eigenvalue weighted by molar-refractivity contribution is 5.98. The van der Waals surface area contributed by atoms with E-state index in [-0.39, 0.29) is 12.0 Å². The molecule has 2 rings (SSSR count). The van der Waals surface area contributed by atoms with Crippen LogP contribution >= 0.6 is 0 Å². The first kappa shape index (κ1) is 13.7. The van der Waals surface area contributed by atoms with Crippen LogP contribution in [0.2, 0.25) is 0 Å². The van der Waals surface area contributed by atoms with Crippen molar-refractivity contribution < 1.29 is 14.6 Å². The zero-order chi connectivity index (χ0) is 14.0. The van der Waals surface area contributed by atoms with Gasteiger partial charge in [0.1, 0.15) is 0 Å². The molecule has 2 unspecified atom stereocenters. The van der Waals surface area contributed by atoms with Crippen LogP contribution in [0.3, 0.4) is 0 Å². The molecule has 0 saturated carbocycles. The van der Waals surface area contributed by atoms with E-state index in [1.165, 1.54) is 7.11 Å². The van der Waals surface area contributed by atoms with E-state index in [1.54, 1.807) is 12.1 Å². The van der Waals surface area contributed by atoms with Crippen molar-refractivity contribution >= 4 is 17.3 Å². The molecule has 3 N–H and O–H groups in total. The zero-order valence-electron chi connectivity index (χ0n) is 11.3. The van der Waals surface area contributed by atoms with E-state index in [0.29, 0.717) is 17.7 Å². The number of methoxy groups -OCH3 is 1. The molecule has 1 aromatic carbocycles. The number of esters is 1. The van der Waals surface area contributed by atoms with Gasteiger partial charge in [-0.1, -0.05) is 13.0 Å². The van der Waals surface area contributed by atoms with Gasteiger partial charge in [0, 0.05) is 13.1 Å². The number of carbonyl (C=O) groups excluding carboxylic acids is 1. The number of rotatable bonds is 2. The van der Waals surface area contributed by atoms with E-state index in [0.717, 1.165) is 18.8 Å². The van der Waals surface area contributed by atoms with Crippen molar-refractivity contribution in [1.29, 1.82) is 0 Å². The predicted octanol–water partition coefficient (Wildman–Crippen LogP) is 1.26. The molecule has 0 aromatic heterocycles. The van der Waals surface area contributed by atoms with Crippen LogP contribution in [-0.2, 0) is 4.74 Å². The van der Waals surface area contributed by atoms with Crippen molar-refractivity contribution in [2.75, 3.05) is 30.8 Å². The first-order valence-corrected chi connectivity index (χ1v) is 6.44. The molecular weight excluding hydrogens is 244 g/mol. The number of nitrogens with zero attached hydrogens (tertiary/aromatic N) is 1. The Bertz CT molecular complexity index is 476. The molecule has 0 bridgehead atoms. The Balaban J connectivity index is 2.28. The van der Waals surface area contributed by atoms with Crippen molar-refractivity contribution in [3.05, 3.63) is 23.8 Å². The van der Waals surface area contributed by atoms with E-state index < -0.39 is 5.97 Å². The fourth-order valence-corrected chi connectivity index (χ4v) is 2.47. The van der Waals surface area contributed by atoms with Gasteiger partial charge < -0.3 is 20.5 Å². The van der Waals surface area contributed by atoms with Gasteiger partial charge >= 0.3 is 5.97 Å². The fraction of sp³-hybridized carbons (Fsp3) is 0.500. The highest BCUT2D eigenvalue weighted by Gasteiger charge is 2.26. The van der Waals surface area contributed by atoms with Gasteiger partial charge in [0.15, 0.2) is 0 Å². The van der Waals surface area contributed by atoms with Gasteiger partial charge in [0.25, 0.3) is 0 Å². The number of aliphatic hydroxyl groups excluding tert-OH is 1. The van der Waals surface area contributed by atoms with Gasteiger partial charge in [0.2, 0.25) is 0 Å². The van der Waals surface area contributed by atoms with Gasteiger partial charge in [-0.2, -0.15) is 0 Å². The molecule has 1 fully saturated rings. The monoisotopic (exact) mass is 264 g/mol. The van der Waals surface area contributed by atoms with Crippen molar-refractivity contribution in [2.45, 2.75) is 19.4 Å². The molecule has 1 heterocycles. The zero-order valence-corrected chi connectivity index (χ0v) is 11.3.